The second-order valence-corrected chi connectivity index (χ2v) is 7.27. The Morgan fingerprint density at radius 3 is 2.71 bits per heavy atom. The Morgan fingerprint density at radius 1 is 1.48 bits per heavy atom. The second-order valence-electron chi connectivity index (χ2n) is 5.89. The van der Waals surface area contributed by atoms with E-state index in [2.05, 4.69) is 24.4 Å². The number of carbonyl (C=O) groups excluding carboxylic acids is 1. The molecular formula is C15H22N2O3S. The summed E-state index contributed by atoms with van der Waals surface area (Å²) in [6.07, 6.45) is 0.802. The van der Waals surface area contributed by atoms with Crippen molar-refractivity contribution in [2.24, 2.45) is 11.8 Å². The molecule has 0 aliphatic carbocycles. The monoisotopic (exact) mass is 310 g/mol. The van der Waals surface area contributed by atoms with Crippen LogP contribution in [0.1, 0.15) is 23.6 Å². The van der Waals surface area contributed by atoms with Crippen LogP contribution in [-0.4, -0.2) is 41.1 Å². The molecule has 0 saturated carbocycles. The van der Waals surface area contributed by atoms with Gasteiger partial charge in [0.25, 0.3) is 0 Å². The standard InChI is InChI=1S/C15H22N2O3S/c1-9-7-17(8-13(9)14(18)19)15(20)16-10(2)6-12-5-4-11(3)21-12/h4-5,9-10,13H,6-8H2,1-3H3,(H,16,20)(H,18,19). The summed E-state index contributed by atoms with van der Waals surface area (Å²) < 4.78 is 0. The summed E-state index contributed by atoms with van der Waals surface area (Å²) in [6, 6.07) is 4.04. The molecule has 2 heterocycles. The molecule has 21 heavy (non-hydrogen) atoms. The second kappa shape index (κ2) is 6.47. The first kappa shape index (κ1) is 15.8. The lowest BCUT2D eigenvalue weighted by atomic mass is 9.99. The Bertz CT molecular complexity index is 529. The lowest BCUT2D eigenvalue weighted by Gasteiger charge is -2.20. The van der Waals surface area contributed by atoms with E-state index in [0.29, 0.717) is 13.1 Å². The average molecular weight is 310 g/mol. The van der Waals surface area contributed by atoms with Crippen molar-refractivity contribution in [2.45, 2.75) is 33.2 Å². The Kier molecular flexibility index (Phi) is 4.88. The van der Waals surface area contributed by atoms with E-state index >= 15 is 0 Å². The normalized spacial score (nSPS) is 23.1. The number of aryl methyl sites for hydroxylation is 1. The molecule has 1 aromatic rings. The molecule has 1 fully saturated rings. The zero-order valence-corrected chi connectivity index (χ0v) is 13.4. The molecule has 0 bridgehead atoms. The van der Waals surface area contributed by atoms with Crippen LogP contribution in [0.5, 0.6) is 0 Å². The van der Waals surface area contributed by atoms with E-state index in [-0.39, 0.29) is 18.0 Å². The molecule has 1 aliphatic heterocycles. The maximum Gasteiger partial charge on any atom is 0.317 e. The van der Waals surface area contributed by atoms with E-state index in [1.54, 1.807) is 16.2 Å². The van der Waals surface area contributed by atoms with E-state index in [0.717, 1.165) is 6.42 Å². The molecule has 5 nitrogen and oxygen atoms in total. The number of carbonyl (C=O) groups is 2. The molecule has 2 amide bonds. The molecule has 1 saturated heterocycles. The molecule has 2 rings (SSSR count). The predicted molar refractivity (Wildman–Crippen MR) is 82.6 cm³/mol. The summed E-state index contributed by atoms with van der Waals surface area (Å²) in [5.41, 5.74) is 0. The van der Waals surface area contributed by atoms with Crippen LogP contribution in [0.15, 0.2) is 12.1 Å². The Morgan fingerprint density at radius 2 is 2.19 bits per heavy atom. The molecule has 3 unspecified atom stereocenters. The third-order valence-corrected chi connectivity index (χ3v) is 4.91. The van der Waals surface area contributed by atoms with Gasteiger partial charge in [-0.2, -0.15) is 0 Å². The number of hydrogen-bond acceptors (Lipinski definition) is 3. The van der Waals surface area contributed by atoms with Crippen molar-refractivity contribution in [2.75, 3.05) is 13.1 Å². The van der Waals surface area contributed by atoms with Gasteiger partial charge in [0.15, 0.2) is 0 Å². The number of urea groups is 1. The molecule has 116 valence electrons. The molecule has 0 aromatic carbocycles. The number of nitrogens with zero attached hydrogens (tertiary/aromatic N) is 1. The highest BCUT2D eigenvalue weighted by Crippen LogP contribution is 2.23. The fourth-order valence-electron chi connectivity index (χ4n) is 2.70. The molecule has 2 N–H and O–H groups in total. The number of aliphatic carboxylic acids is 1. The zero-order chi connectivity index (χ0) is 15.6. The van der Waals surface area contributed by atoms with Gasteiger partial charge in [-0.25, -0.2) is 4.79 Å². The summed E-state index contributed by atoms with van der Waals surface area (Å²) in [4.78, 5) is 27.4. The highest BCUT2D eigenvalue weighted by molar-refractivity contribution is 7.11. The van der Waals surface area contributed by atoms with Gasteiger partial charge in [0.2, 0.25) is 0 Å². The minimum absolute atomic E-state index is 0.00324. The van der Waals surface area contributed by atoms with Crippen LogP contribution in [0.25, 0.3) is 0 Å². The molecule has 1 aromatic heterocycles. The number of likely N-dealkylation sites (tertiary alicyclic amines) is 1. The van der Waals surface area contributed by atoms with Gasteiger partial charge in [-0.05, 0) is 31.9 Å². The maximum atomic E-state index is 12.2. The summed E-state index contributed by atoms with van der Waals surface area (Å²) in [7, 11) is 0. The largest absolute Gasteiger partial charge is 0.481 e. The predicted octanol–water partition coefficient (Wildman–Crippen LogP) is 2.35. The van der Waals surface area contributed by atoms with E-state index in [9.17, 15) is 9.59 Å². The van der Waals surface area contributed by atoms with Gasteiger partial charge >= 0.3 is 12.0 Å². The van der Waals surface area contributed by atoms with Crippen LogP contribution >= 0.6 is 11.3 Å². The van der Waals surface area contributed by atoms with Crippen LogP contribution in [0.4, 0.5) is 4.79 Å². The third kappa shape index (κ3) is 3.97. The molecule has 6 heteroatoms. The number of thiophene rings is 1. The summed E-state index contributed by atoms with van der Waals surface area (Å²) in [6.45, 7) is 6.72. The highest BCUT2D eigenvalue weighted by atomic mass is 32.1. The molecule has 0 radical (unpaired) electrons. The van der Waals surface area contributed by atoms with Crippen LogP contribution in [0.2, 0.25) is 0 Å². The molecule has 3 atom stereocenters. The van der Waals surface area contributed by atoms with Crippen molar-refractivity contribution in [1.82, 2.24) is 10.2 Å². The van der Waals surface area contributed by atoms with Gasteiger partial charge in [0.1, 0.15) is 0 Å². The van der Waals surface area contributed by atoms with Gasteiger partial charge in [0, 0.05) is 35.3 Å². The number of amides is 2. The SMILES string of the molecule is Cc1ccc(CC(C)NC(=O)N2CC(C)C(C(=O)O)C2)s1. The fourth-order valence-corrected chi connectivity index (χ4v) is 3.72. The maximum absolute atomic E-state index is 12.2. The Hall–Kier alpha value is -1.56. The number of carboxylic acid groups (broad SMARTS) is 1. The Labute approximate surface area is 129 Å². The Balaban J connectivity index is 1.85. The van der Waals surface area contributed by atoms with Crippen molar-refractivity contribution in [3.63, 3.8) is 0 Å². The lowest BCUT2D eigenvalue weighted by Crippen LogP contribution is -2.43. The number of nitrogens with one attached hydrogen (secondary N) is 1. The molecule has 0 spiro atoms. The topological polar surface area (TPSA) is 69.6 Å². The van der Waals surface area contributed by atoms with Crippen molar-refractivity contribution < 1.29 is 14.7 Å². The lowest BCUT2D eigenvalue weighted by molar-refractivity contribution is -0.142. The summed E-state index contributed by atoms with van der Waals surface area (Å²) in [5.74, 6) is -1.27. The minimum atomic E-state index is -0.820. The van der Waals surface area contributed by atoms with Crippen molar-refractivity contribution in [1.29, 1.82) is 0 Å². The first-order valence-corrected chi connectivity index (χ1v) is 8.02. The van der Waals surface area contributed by atoms with Crippen LogP contribution in [-0.2, 0) is 11.2 Å². The van der Waals surface area contributed by atoms with Gasteiger partial charge in [0.05, 0.1) is 5.92 Å². The highest BCUT2D eigenvalue weighted by Gasteiger charge is 2.37. The number of hydrogen-bond donors (Lipinski definition) is 2. The first-order chi connectivity index (χ1) is 9.86. The van der Waals surface area contributed by atoms with Gasteiger partial charge in [-0.15, -0.1) is 11.3 Å². The van der Waals surface area contributed by atoms with Crippen molar-refractivity contribution in [3.05, 3.63) is 21.9 Å². The van der Waals surface area contributed by atoms with Crippen LogP contribution in [0.3, 0.4) is 0 Å². The van der Waals surface area contributed by atoms with Crippen molar-refractivity contribution in [3.8, 4) is 0 Å². The van der Waals surface area contributed by atoms with Crippen molar-refractivity contribution >= 4 is 23.3 Å². The van der Waals surface area contributed by atoms with E-state index in [1.807, 2.05) is 13.8 Å². The van der Waals surface area contributed by atoms with Gasteiger partial charge in [-0.3, -0.25) is 4.79 Å². The zero-order valence-electron chi connectivity index (χ0n) is 12.6. The fraction of sp³-hybridized carbons (Fsp3) is 0.600. The first-order valence-electron chi connectivity index (χ1n) is 7.20. The number of carboxylic acids is 1. The van der Waals surface area contributed by atoms with Crippen LogP contribution < -0.4 is 5.32 Å². The van der Waals surface area contributed by atoms with E-state index in [4.69, 9.17) is 5.11 Å². The molecular weight excluding hydrogens is 288 g/mol. The van der Waals surface area contributed by atoms with E-state index in [1.165, 1.54) is 9.75 Å². The minimum Gasteiger partial charge on any atom is -0.481 e. The third-order valence-electron chi connectivity index (χ3n) is 3.89. The van der Waals surface area contributed by atoms with Gasteiger partial charge < -0.3 is 15.3 Å². The quantitative estimate of drug-likeness (QED) is 0.897. The summed E-state index contributed by atoms with van der Waals surface area (Å²) in [5, 5.41) is 12.1. The van der Waals surface area contributed by atoms with Crippen LogP contribution in [0, 0.1) is 18.8 Å². The average Bonchev–Trinajstić information content (AvgIpc) is 2.95. The molecule has 1 aliphatic rings. The summed E-state index contributed by atoms with van der Waals surface area (Å²) >= 11 is 1.74. The van der Waals surface area contributed by atoms with E-state index < -0.39 is 11.9 Å². The number of rotatable bonds is 4. The smallest absolute Gasteiger partial charge is 0.317 e. The van der Waals surface area contributed by atoms with Gasteiger partial charge in [-0.1, -0.05) is 6.92 Å².